The fourth-order valence-corrected chi connectivity index (χ4v) is 2.49. The van der Waals surface area contributed by atoms with Crippen LogP contribution in [0.4, 0.5) is 5.69 Å². The molecule has 0 spiro atoms. The van der Waals surface area contributed by atoms with Gasteiger partial charge in [-0.25, -0.2) is 4.98 Å². The van der Waals surface area contributed by atoms with Gasteiger partial charge in [0, 0.05) is 16.8 Å². The van der Waals surface area contributed by atoms with Gasteiger partial charge < -0.3 is 10.4 Å². The van der Waals surface area contributed by atoms with E-state index in [-0.39, 0.29) is 6.61 Å². The van der Waals surface area contributed by atoms with Crippen LogP contribution in [0, 0.1) is 0 Å². The van der Waals surface area contributed by atoms with Gasteiger partial charge >= 0.3 is 0 Å². The van der Waals surface area contributed by atoms with Crippen molar-refractivity contribution in [3.8, 4) is 0 Å². The summed E-state index contributed by atoms with van der Waals surface area (Å²) in [6, 6.07) is 7.80. The van der Waals surface area contributed by atoms with Crippen LogP contribution in [-0.4, -0.2) is 10.1 Å². The van der Waals surface area contributed by atoms with E-state index in [1.165, 1.54) is 4.88 Å². The number of anilines is 1. The highest BCUT2D eigenvalue weighted by atomic mass is 32.1. The monoisotopic (exact) mass is 262 g/mol. The Labute approximate surface area is 112 Å². The van der Waals surface area contributed by atoms with E-state index in [4.69, 9.17) is 5.11 Å². The van der Waals surface area contributed by atoms with Gasteiger partial charge in [-0.05, 0) is 23.6 Å². The minimum absolute atomic E-state index is 0.0737. The van der Waals surface area contributed by atoms with E-state index < -0.39 is 0 Å². The fraction of sp³-hybridized carbons (Fsp3) is 0.357. The molecule has 2 N–H and O–H groups in total. The highest BCUT2D eigenvalue weighted by molar-refractivity contribution is 7.11. The molecule has 0 saturated heterocycles. The summed E-state index contributed by atoms with van der Waals surface area (Å²) in [5.74, 6) is 0.536. The molecular weight excluding hydrogens is 244 g/mol. The number of nitrogens with one attached hydrogen (secondary N) is 1. The molecular formula is C14H18N2OS. The van der Waals surface area contributed by atoms with Crippen LogP contribution in [0.2, 0.25) is 0 Å². The molecule has 0 aliphatic carbocycles. The number of aromatic nitrogens is 1. The highest BCUT2D eigenvalue weighted by Crippen LogP contribution is 2.22. The molecule has 0 bridgehead atoms. The third-order valence-corrected chi connectivity index (χ3v) is 3.99. The Hall–Kier alpha value is -1.39. The molecule has 4 heteroatoms. The summed E-state index contributed by atoms with van der Waals surface area (Å²) in [4.78, 5) is 5.72. The molecule has 96 valence electrons. The first-order valence-electron chi connectivity index (χ1n) is 6.07. The molecule has 0 amide bonds. The second kappa shape index (κ2) is 5.98. The number of aliphatic hydroxyl groups excluding tert-OH is 1. The van der Waals surface area contributed by atoms with Crippen molar-refractivity contribution in [2.24, 2.45) is 0 Å². The summed E-state index contributed by atoms with van der Waals surface area (Å²) in [5.41, 5.74) is 1.94. The Morgan fingerprint density at radius 2 is 2.22 bits per heavy atom. The average Bonchev–Trinajstić information content (AvgIpc) is 2.85. The maximum Gasteiger partial charge on any atom is 0.112 e. The second-order valence-electron chi connectivity index (χ2n) is 4.52. The predicted molar refractivity (Wildman–Crippen MR) is 75.9 cm³/mol. The van der Waals surface area contributed by atoms with E-state index in [1.807, 2.05) is 30.5 Å². The van der Waals surface area contributed by atoms with Crippen molar-refractivity contribution < 1.29 is 5.11 Å². The number of aliphatic hydroxyl groups is 1. The second-order valence-corrected chi connectivity index (χ2v) is 5.67. The summed E-state index contributed by atoms with van der Waals surface area (Å²) in [6.45, 7) is 5.15. The summed E-state index contributed by atoms with van der Waals surface area (Å²) < 4.78 is 0. The van der Waals surface area contributed by atoms with Crippen molar-refractivity contribution in [3.63, 3.8) is 0 Å². The van der Waals surface area contributed by atoms with Crippen LogP contribution in [0.15, 0.2) is 30.5 Å². The summed E-state index contributed by atoms with van der Waals surface area (Å²) in [7, 11) is 0. The molecule has 18 heavy (non-hydrogen) atoms. The summed E-state index contributed by atoms with van der Waals surface area (Å²) in [5, 5.41) is 13.5. The van der Waals surface area contributed by atoms with Gasteiger partial charge in [0.15, 0.2) is 0 Å². The van der Waals surface area contributed by atoms with Gasteiger partial charge in [0.25, 0.3) is 0 Å². The van der Waals surface area contributed by atoms with Crippen molar-refractivity contribution in [2.45, 2.75) is 32.9 Å². The van der Waals surface area contributed by atoms with Gasteiger partial charge in [0.05, 0.1) is 13.2 Å². The van der Waals surface area contributed by atoms with Crippen molar-refractivity contribution in [1.29, 1.82) is 0 Å². The number of benzene rings is 1. The molecule has 0 fully saturated rings. The normalized spacial score (nSPS) is 10.9. The molecule has 1 aromatic carbocycles. The summed E-state index contributed by atoms with van der Waals surface area (Å²) >= 11 is 1.75. The van der Waals surface area contributed by atoms with Gasteiger partial charge in [-0.2, -0.15) is 0 Å². The molecule has 2 rings (SSSR count). The van der Waals surface area contributed by atoms with Crippen LogP contribution in [0.3, 0.4) is 0 Å². The van der Waals surface area contributed by atoms with E-state index >= 15 is 0 Å². The first-order chi connectivity index (χ1) is 8.69. The highest BCUT2D eigenvalue weighted by Gasteiger charge is 2.05. The SMILES string of the molecule is CC(C)c1cnc(CNc2cccc(CO)c2)s1. The lowest BCUT2D eigenvalue weighted by Crippen LogP contribution is -1.99. The van der Waals surface area contributed by atoms with E-state index in [2.05, 4.69) is 24.1 Å². The number of thiazole rings is 1. The predicted octanol–water partition coefficient (Wildman–Crippen LogP) is 3.37. The van der Waals surface area contributed by atoms with Crippen molar-refractivity contribution in [1.82, 2.24) is 4.98 Å². The maximum atomic E-state index is 9.07. The van der Waals surface area contributed by atoms with Crippen LogP contribution in [0.25, 0.3) is 0 Å². The molecule has 1 heterocycles. The summed E-state index contributed by atoms with van der Waals surface area (Å²) in [6.07, 6.45) is 1.95. The van der Waals surface area contributed by atoms with Gasteiger partial charge in [0.1, 0.15) is 5.01 Å². The molecule has 1 aromatic heterocycles. The van der Waals surface area contributed by atoms with E-state index in [9.17, 15) is 0 Å². The Balaban J connectivity index is 1.97. The third-order valence-electron chi connectivity index (χ3n) is 2.69. The smallest absolute Gasteiger partial charge is 0.112 e. The Morgan fingerprint density at radius 3 is 2.89 bits per heavy atom. The number of hydrogen-bond acceptors (Lipinski definition) is 4. The minimum Gasteiger partial charge on any atom is -0.392 e. The average molecular weight is 262 g/mol. The van der Waals surface area contributed by atoms with E-state index in [0.717, 1.165) is 22.8 Å². The lowest BCUT2D eigenvalue weighted by atomic mass is 10.2. The zero-order chi connectivity index (χ0) is 13.0. The number of nitrogens with zero attached hydrogens (tertiary/aromatic N) is 1. The molecule has 0 unspecified atom stereocenters. The van der Waals surface area contributed by atoms with Crippen molar-refractivity contribution in [3.05, 3.63) is 45.9 Å². The molecule has 3 nitrogen and oxygen atoms in total. The van der Waals surface area contributed by atoms with Gasteiger partial charge in [-0.1, -0.05) is 26.0 Å². The van der Waals surface area contributed by atoms with Crippen LogP contribution in [0.5, 0.6) is 0 Å². The van der Waals surface area contributed by atoms with E-state index in [1.54, 1.807) is 11.3 Å². The molecule has 2 aromatic rings. The first kappa shape index (κ1) is 13.1. The van der Waals surface area contributed by atoms with Crippen LogP contribution < -0.4 is 5.32 Å². The van der Waals surface area contributed by atoms with Crippen molar-refractivity contribution >= 4 is 17.0 Å². The lowest BCUT2D eigenvalue weighted by Gasteiger charge is -2.05. The van der Waals surface area contributed by atoms with Crippen LogP contribution >= 0.6 is 11.3 Å². The third kappa shape index (κ3) is 3.31. The number of hydrogen-bond donors (Lipinski definition) is 2. The van der Waals surface area contributed by atoms with Gasteiger partial charge in [0.2, 0.25) is 0 Å². The molecule has 0 radical (unpaired) electrons. The minimum atomic E-state index is 0.0737. The lowest BCUT2D eigenvalue weighted by molar-refractivity contribution is 0.282. The van der Waals surface area contributed by atoms with E-state index in [0.29, 0.717) is 5.92 Å². The largest absolute Gasteiger partial charge is 0.392 e. The molecule has 0 aliphatic rings. The van der Waals surface area contributed by atoms with Gasteiger partial charge in [-0.15, -0.1) is 11.3 Å². The van der Waals surface area contributed by atoms with Crippen LogP contribution in [-0.2, 0) is 13.2 Å². The Bertz CT molecular complexity index is 508. The standard InChI is InChI=1S/C14H18N2OS/c1-10(2)13-7-16-14(18-13)8-15-12-5-3-4-11(6-12)9-17/h3-7,10,15,17H,8-9H2,1-2H3. The number of rotatable bonds is 5. The Kier molecular flexibility index (Phi) is 4.33. The molecule has 0 atom stereocenters. The zero-order valence-electron chi connectivity index (χ0n) is 10.7. The molecule has 0 aliphatic heterocycles. The Morgan fingerprint density at radius 1 is 1.39 bits per heavy atom. The van der Waals surface area contributed by atoms with Crippen LogP contribution in [0.1, 0.15) is 35.2 Å². The zero-order valence-corrected chi connectivity index (χ0v) is 11.5. The molecule has 0 saturated carbocycles. The fourth-order valence-electron chi connectivity index (χ4n) is 1.63. The van der Waals surface area contributed by atoms with Gasteiger partial charge in [-0.3, -0.25) is 0 Å². The first-order valence-corrected chi connectivity index (χ1v) is 6.89. The topological polar surface area (TPSA) is 45.2 Å². The van der Waals surface area contributed by atoms with Crippen molar-refractivity contribution in [2.75, 3.05) is 5.32 Å². The quantitative estimate of drug-likeness (QED) is 0.868. The maximum absolute atomic E-state index is 9.07.